The number of aryl methyl sites for hydroxylation is 1. The fourth-order valence-electron chi connectivity index (χ4n) is 3.30. The number of carbonyl (C=O) groups excluding carboxylic acids is 4. The van der Waals surface area contributed by atoms with Crippen LogP contribution >= 0.6 is 0 Å². The van der Waals surface area contributed by atoms with Gasteiger partial charge < -0.3 is 18.9 Å². The molecule has 0 aliphatic carbocycles. The maximum absolute atomic E-state index is 12.4. The maximum atomic E-state index is 12.4. The van der Waals surface area contributed by atoms with Gasteiger partial charge in [-0.25, -0.2) is 9.59 Å². The molecule has 8 heteroatoms. The smallest absolute Gasteiger partial charge is 0.338 e. The molecule has 3 aromatic carbocycles. The minimum atomic E-state index is -0.664. The summed E-state index contributed by atoms with van der Waals surface area (Å²) in [6, 6.07) is 18.6. The van der Waals surface area contributed by atoms with Gasteiger partial charge in [-0.2, -0.15) is 0 Å². The largest absolute Gasteiger partial charge is 0.427 e. The summed E-state index contributed by atoms with van der Waals surface area (Å²) >= 11 is 0. The Morgan fingerprint density at radius 1 is 0.625 bits per heavy atom. The Hall–Kier alpha value is -4.98. The first-order chi connectivity index (χ1) is 19.0. The number of carbonyl (C=O) groups is 4. The third-order valence-corrected chi connectivity index (χ3v) is 5.53. The van der Waals surface area contributed by atoms with Crippen LogP contribution in [-0.4, -0.2) is 23.9 Å². The second-order valence-corrected chi connectivity index (χ2v) is 8.97. The van der Waals surface area contributed by atoms with E-state index >= 15 is 0 Å². The van der Waals surface area contributed by atoms with Crippen LogP contribution in [0.3, 0.4) is 0 Å². The Kier molecular flexibility index (Phi) is 10.1. The monoisotopic (exact) mass is 542 g/mol. The molecule has 0 unspecified atom stereocenters. The van der Waals surface area contributed by atoms with Crippen LogP contribution in [0.2, 0.25) is 0 Å². The molecule has 3 aromatic rings. The van der Waals surface area contributed by atoms with Crippen LogP contribution in [0.1, 0.15) is 39.2 Å². The van der Waals surface area contributed by atoms with Crippen molar-refractivity contribution in [3.8, 4) is 34.1 Å². The van der Waals surface area contributed by atoms with Crippen molar-refractivity contribution >= 4 is 23.9 Å². The van der Waals surface area contributed by atoms with Gasteiger partial charge in [-0.1, -0.05) is 50.4 Å². The second kappa shape index (κ2) is 13.7. The first-order valence-corrected chi connectivity index (χ1v) is 12.6. The van der Waals surface area contributed by atoms with Crippen molar-refractivity contribution in [2.24, 2.45) is 0 Å². The van der Waals surface area contributed by atoms with Crippen molar-refractivity contribution in [1.29, 1.82) is 0 Å². The van der Waals surface area contributed by atoms with Crippen LogP contribution in [0.25, 0.3) is 11.1 Å². The van der Waals surface area contributed by atoms with Crippen molar-refractivity contribution in [2.45, 2.75) is 40.0 Å². The van der Waals surface area contributed by atoms with E-state index in [2.05, 4.69) is 13.2 Å². The van der Waals surface area contributed by atoms with Gasteiger partial charge in [0.05, 0.1) is 0 Å². The molecule has 0 fully saturated rings. The number of hydrogen-bond acceptors (Lipinski definition) is 8. The first kappa shape index (κ1) is 29.6. The van der Waals surface area contributed by atoms with Crippen molar-refractivity contribution in [1.82, 2.24) is 0 Å². The summed E-state index contributed by atoms with van der Waals surface area (Å²) in [7, 11) is 0. The summed E-state index contributed by atoms with van der Waals surface area (Å²) in [5.41, 5.74) is 2.70. The molecule has 3 rings (SSSR count). The van der Waals surface area contributed by atoms with Crippen LogP contribution in [0.5, 0.6) is 23.0 Å². The van der Waals surface area contributed by atoms with E-state index in [1.807, 2.05) is 0 Å². The predicted octanol–water partition coefficient (Wildman–Crippen LogP) is 6.17. The first-order valence-electron chi connectivity index (χ1n) is 12.6. The second-order valence-electron chi connectivity index (χ2n) is 8.97. The van der Waals surface area contributed by atoms with Crippen LogP contribution in [-0.2, 0) is 25.6 Å². The van der Waals surface area contributed by atoms with E-state index in [1.165, 1.54) is 19.9 Å². The predicted molar refractivity (Wildman–Crippen MR) is 149 cm³/mol. The van der Waals surface area contributed by atoms with Crippen molar-refractivity contribution in [3.05, 3.63) is 96.6 Å². The zero-order valence-corrected chi connectivity index (χ0v) is 22.7. The Morgan fingerprint density at radius 3 is 1.68 bits per heavy atom. The minimum Gasteiger partial charge on any atom is -0.427 e. The summed E-state index contributed by atoms with van der Waals surface area (Å²) in [6.07, 6.45) is 0.921. The maximum Gasteiger partial charge on any atom is 0.338 e. The highest BCUT2D eigenvalue weighted by Crippen LogP contribution is 2.34. The van der Waals surface area contributed by atoms with Gasteiger partial charge in [-0.3, -0.25) is 9.59 Å². The Bertz CT molecular complexity index is 1430. The molecule has 0 aliphatic heterocycles. The molecule has 206 valence electrons. The summed E-state index contributed by atoms with van der Waals surface area (Å²) in [4.78, 5) is 47.9. The van der Waals surface area contributed by atoms with E-state index < -0.39 is 17.9 Å². The Morgan fingerprint density at radius 2 is 1.12 bits per heavy atom. The van der Waals surface area contributed by atoms with Gasteiger partial charge in [0.2, 0.25) is 0 Å². The SMILES string of the molecule is C=C(C)C(=O)Oc1ccc(-c2ccc(OC(=O)CCc3ccc(OC(=O)CC)cc3)cc2)cc1OC(=O)C(=C)C. The highest BCUT2D eigenvalue weighted by atomic mass is 16.6. The van der Waals surface area contributed by atoms with Gasteiger partial charge in [0.1, 0.15) is 11.5 Å². The lowest BCUT2D eigenvalue weighted by Crippen LogP contribution is -2.12. The fraction of sp³-hybridized carbons (Fsp3) is 0.188. The van der Waals surface area contributed by atoms with Crippen molar-refractivity contribution in [2.75, 3.05) is 0 Å². The van der Waals surface area contributed by atoms with E-state index in [-0.39, 0.29) is 35.0 Å². The third-order valence-electron chi connectivity index (χ3n) is 5.53. The molecule has 0 amide bonds. The molecular weight excluding hydrogens is 512 g/mol. The van der Waals surface area contributed by atoms with Crippen LogP contribution in [0.4, 0.5) is 0 Å². The summed E-state index contributed by atoms with van der Waals surface area (Å²) in [6.45, 7) is 11.9. The number of esters is 4. The lowest BCUT2D eigenvalue weighted by molar-refractivity contribution is -0.135. The zero-order chi connectivity index (χ0) is 29.2. The van der Waals surface area contributed by atoms with Crippen molar-refractivity contribution < 1.29 is 38.1 Å². The molecular formula is C32H30O8. The molecule has 0 bridgehead atoms. The van der Waals surface area contributed by atoms with Crippen LogP contribution in [0, 0.1) is 0 Å². The molecule has 0 heterocycles. The van der Waals surface area contributed by atoms with Gasteiger partial charge in [0.25, 0.3) is 0 Å². The number of hydrogen-bond donors (Lipinski definition) is 0. The number of ether oxygens (including phenoxy) is 4. The molecule has 0 N–H and O–H groups in total. The van der Waals surface area contributed by atoms with E-state index in [4.69, 9.17) is 18.9 Å². The quantitative estimate of drug-likeness (QED) is 0.161. The summed E-state index contributed by atoms with van der Waals surface area (Å²) in [5.74, 6) is -1.08. The molecule has 0 saturated heterocycles. The Labute approximate surface area is 232 Å². The van der Waals surface area contributed by atoms with Gasteiger partial charge in [-0.15, -0.1) is 0 Å². The fourth-order valence-corrected chi connectivity index (χ4v) is 3.30. The number of benzene rings is 3. The lowest BCUT2D eigenvalue weighted by Gasteiger charge is -2.13. The molecule has 0 aromatic heterocycles. The van der Waals surface area contributed by atoms with E-state index in [0.717, 1.165) is 11.1 Å². The zero-order valence-electron chi connectivity index (χ0n) is 22.7. The Balaban J connectivity index is 1.65. The molecule has 0 radical (unpaired) electrons. The average molecular weight is 543 g/mol. The summed E-state index contributed by atoms with van der Waals surface area (Å²) < 4.78 is 21.3. The molecule has 0 spiro atoms. The molecule has 8 nitrogen and oxygen atoms in total. The van der Waals surface area contributed by atoms with Crippen LogP contribution in [0.15, 0.2) is 91.0 Å². The minimum absolute atomic E-state index is 0.0483. The van der Waals surface area contributed by atoms with E-state index in [0.29, 0.717) is 29.9 Å². The normalized spacial score (nSPS) is 10.3. The standard InChI is InChI=1S/C32H30O8/c1-6-29(33)37-25-13-7-22(8-14-25)9-18-30(34)38-26-15-10-23(11-16-26)24-12-17-27(39-31(35)20(2)3)28(19-24)40-32(36)21(4)5/h7-8,10-17,19H,2,4,6,9,18H2,1,3,5H3. The topological polar surface area (TPSA) is 105 Å². The van der Waals surface area contributed by atoms with E-state index in [9.17, 15) is 19.2 Å². The van der Waals surface area contributed by atoms with Gasteiger partial charge >= 0.3 is 23.9 Å². The molecule has 40 heavy (non-hydrogen) atoms. The van der Waals surface area contributed by atoms with Crippen molar-refractivity contribution in [3.63, 3.8) is 0 Å². The molecule has 0 saturated carbocycles. The highest BCUT2D eigenvalue weighted by molar-refractivity contribution is 5.91. The average Bonchev–Trinajstić information content (AvgIpc) is 2.93. The highest BCUT2D eigenvalue weighted by Gasteiger charge is 2.16. The van der Waals surface area contributed by atoms with Gasteiger partial charge in [-0.05, 0) is 73.4 Å². The van der Waals surface area contributed by atoms with Gasteiger partial charge in [0.15, 0.2) is 11.5 Å². The van der Waals surface area contributed by atoms with Gasteiger partial charge in [0, 0.05) is 24.0 Å². The molecule has 0 aliphatic rings. The molecule has 0 atom stereocenters. The van der Waals surface area contributed by atoms with Crippen LogP contribution < -0.4 is 18.9 Å². The summed E-state index contributed by atoms with van der Waals surface area (Å²) in [5, 5.41) is 0. The lowest BCUT2D eigenvalue weighted by atomic mass is 10.0. The van der Waals surface area contributed by atoms with E-state index in [1.54, 1.807) is 67.6 Å². The third kappa shape index (κ3) is 8.52. The number of rotatable bonds is 11.